The van der Waals surface area contributed by atoms with E-state index in [2.05, 4.69) is 15.3 Å². The minimum absolute atomic E-state index is 0.0647. The molecular formula is C22H22F2N4O2. The average molecular weight is 412 g/mol. The van der Waals surface area contributed by atoms with Gasteiger partial charge in [-0.1, -0.05) is 6.07 Å². The highest BCUT2D eigenvalue weighted by Crippen LogP contribution is 2.46. The molecule has 1 saturated carbocycles. The van der Waals surface area contributed by atoms with Crippen LogP contribution in [0.4, 0.5) is 14.7 Å². The lowest BCUT2D eigenvalue weighted by Crippen LogP contribution is -2.59. The van der Waals surface area contributed by atoms with Gasteiger partial charge in [-0.2, -0.15) is 8.78 Å². The fourth-order valence-corrected chi connectivity index (χ4v) is 5.14. The molecule has 0 unspecified atom stereocenters. The second-order valence-corrected chi connectivity index (χ2v) is 9.00. The monoisotopic (exact) mass is 412 g/mol. The van der Waals surface area contributed by atoms with Crippen LogP contribution >= 0.6 is 0 Å². The van der Waals surface area contributed by atoms with Crippen LogP contribution in [0.5, 0.6) is 0 Å². The van der Waals surface area contributed by atoms with Gasteiger partial charge in [0.15, 0.2) is 0 Å². The molecule has 5 aliphatic rings. The first-order valence-corrected chi connectivity index (χ1v) is 10.5. The molecule has 156 valence electrons. The molecule has 7 rings (SSSR count). The lowest BCUT2D eigenvalue weighted by molar-refractivity contribution is -0.00603. The molecule has 0 spiro atoms. The highest BCUT2D eigenvalue weighted by molar-refractivity contribution is 5.97. The Bertz CT molecular complexity index is 1080. The number of aromatic nitrogens is 2. The van der Waals surface area contributed by atoms with Crippen molar-refractivity contribution in [3.8, 4) is 11.3 Å². The number of nitrogens with one attached hydrogen (secondary N) is 1. The van der Waals surface area contributed by atoms with Gasteiger partial charge < -0.3 is 15.3 Å². The third kappa shape index (κ3) is 2.46. The van der Waals surface area contributed by atoms with Crippen LogP contribution in [0.2, 0.25) is 0 Å². The SMILES string of the molecule is C[C@H]1[C@H](O)CN1c1nc(-c2ccc3c(c2)C2CC(C2)NC3=O)c2c(n1)C(F)(F)CC2. The number of rotatable bonds is 2. The summed E-state index contributed by atoms with van der Waals surface area (Å²) in [5.41, 5.74) is 3.20. The normalized spacial score (nSPS) is 30.5. The second-order valence-electron chi connectivity index (χ2n) is 9.00. The number of fused-ring (bicyclic) bond motifs is 2. The maximum absolute atomic E-state index is 14.6. The van der Waals surface area contributed by atoms with E-state index < -0.39 is 12.0 Å². The molecule has 2 aliphatic carbocycles. The largest absolute Gasteiger partial charge is 0.389 e. The summed E-state index contributed by atoms with van der Waals surface area (Å²) >= 11 is 0. The maximum Gasteiger partial charge on any atom is 0.290 e. The number of aliphatic hydroxyl groups is 1. The third-order valence-corrected chi connectivity index (χ3v) is 7.20. The van der Waals surface area contributed by atoms with Gasteiger partial charge in [-0.25, -0.2) is 9.97 Å². The van der Waals surface area contributed by atoms with Crippen LogP contribution < -0.4 is 10.2 Å². The summed E-state index contributed by atoms with van der Waals surface area (Å²) < 4.78 is 29.2. The number of carbonyl (C=O) groups is 1. The molecule has 1 aromatic heterocycles. The Hall–Kier alpha value is -2.61. The van der Waals surface area contributed by atoms with Crippen molar-refractivity contribution in [3.05, 3.63) is 40.6 Å². The number of alkyl halides is 2. The molecule has 1 saturated heterocycles. The van der Waals surface area contributed by atoms with Gasteiger partial charge in [0, 0.05) is 35.7 Å². The molecule has 2 fully saturated rings. The minimum atomic E-state index is -2.98. The van der Waals surface area contributed by atoms with E-state index in [1.165, 1.54) is 0 Å². The van der Waals surface area contributed by atoms with Crippen molar-refractivity contribution in [1.82, 2.24) is 15.3 Å². The lowest BCUT2D eigenvalue weighted by atomic mass is 9.75. The summed E-state index contributed by atoms with van der Waals surface area (Å²) in [6.07, 6.45) is 1.26. The summed E-state index contributed by atoms with van der Waals surface area (Å²) in [4.78, 5) is 23.1. The van der Waals surface area contributed by atoms with Crippen LogP contribution in [0.15, 0.2) is 18.2 Å². The summed E-state index contributed by atoms with van der Waals surface area (Å²) in [6.45, 7) is 2.16. The van der Waals surface area contributed by atoms with Gasteiger partial charge in [0.05, 0.1) is 17.8 Å². The van der Waals surface area contributed by atoms with E-state index in [0.29, 0.717) is 29.3 Å². The summed E-state index contributed by atoms with van der Waals surface area (Å²) in [5, 5.41) is 12.9. The highest BCUT2D eigenvalue weighted by Gasteiger charge is 2.45. The summed E-state index contributed by atoms with van der Waals surface area (Å²) in [6, 6.07) is 5.56. The number of β-amino-alcohol motifs (C(OH)–C–C–N with tert-alkyl or cyclic N) is 1. The number of anilines is 1. The molecule has 4 heterocycles. The van der Waals surface area contributed by atoms with Crippen molar-refractivity contribution >= 4 is 11.9 Å². The van der Waals surface area contributed by atoms with Gasteiger partial charge in [0.25, 0.3) is 11.8 Å². The third-order valence-electron chi connectivity index (χ3n) is 7.20. The Morgan fingerprint density at radius 1 is 1.27 bits per heavy atom. The summed E-state index contributed by atoms with van der Waals surface area (Å²) in [5.74, 6) is -2.50. The minimum Gasteiger partial charge on any atom is -0.389 e. The molecule has 1 amide bonds. The van der Waals surface area contributed by atoms with Gasteiger partial charge in [-0.05, 0) is 49.8 Å². The zero-order valence-electron chi connectivity index (χ0n) is 16.5. The fourth-order valence-electron chi connectivity index (χ4n) is 5.14. The first-order chi connectivity index (χ1) is 14.3. The number of carbonyl (C=O) groups excluding carboxylic acids is 1. The van der Waals surface area contributed by atoms with Crippen molar-refractivity contribution in [3.63, 3.8) is 0 Å². The van der Waals surface area contributed by atoms with Crippen molar-refractivity contribution in [2.75, 3.05) is 11.4 Å². The number of aliphatic hydroxyl groups excluding tert-OH is 1. The molecule has 8 heteroatoms. The van der Waals surface area contributed by atoms with E-state index in [1.54, 1.807) is 17.0 Å². The predicted octanol–water partition coefficient (Wildman–Crippen LogP) is 2.74. The van der Waals surface area contributed by atoms with Crippen molar-refractivity contribution in [2.24, 2.45) is 0 Å². The number of hydrogen-bond donors (Lipinski definition) is 2. The molecule has 2 N–H and O–H groups in total. The lowest BCUT2D eigenvalue weighted by Gasteiger charge is -2.43. The number of amides is 1. The Balaban J connectivity index is 1.50. The van der Waals surface area contributed by atoms with E-state index in [-0.39, 0.29) is 42.5 Å². The topological polar surface area (TPSA) is 78.4 Å². The van der Waals surface area contributed by atoms with Crippen molar-refractivity contribution in [1.29, 1.82) is 0 Å². The standard InChI is InChI=1S/C22H22F2N4O2/c1-10-17(29)9-28(10)21-26-18(15-4-5-22(23,24)19(15)27-21)11-2-3-14-16(8-11)12-6-13(7-12)25-20(14)30/h2-3,8,10,12-13,17,29H,4-7,9H2,1H3,(H,25,30)/t10-,12?,13?,17+/m0/s1. The average Bonchev–Trinajstić information content (AvgIpc) is 2.85. The number of nitrogens with zero attached hydrogens (tertiary/aromatic N) is 3. The van der Waals surface area contributed by atoms with Gasteiger partial charge in [-0.3, -0.25) is 4.79 Å². The van der Waals surface area contributed by atoms with E-state index in [1.807, 2.05) is 13.0 Å². The molecule has 2 atom stereocenters. The Labute approximate surface area is 172 Å². The number of hydrogen-bond acceptors (Lipinski definition) is 5. The Morgan fingerprint density at radius 2 is 2.07 bits per heavy atom. The second kappa shape index (κ2) is 5.97. The van der Waals surface area contributed by atoms with Gasteiger partial charge in [-0.15, -0.1) is 0 Å². The quantitative estimate of drug-likeness (QED) is 0.793. The van der Waals surface area contributed by atoms with E-state index in [9.17, 15) is 18.7 Å². The molecule has 0 radical (unpaired) electrons. The van der Waals surface area contributed by atoms with E-state index >= 15 is 0 Å². The van der Waals surface area contributed by atoms with E-state index in [4.69, 9.17) is 0 Å². The predicted molar refractivity (Wildman–Crippen MR) is 106 cm³/mol. The van der Waals surface area contributed by atoms with Crippen LogP contribution in [0.3, 0.4) is 0 Å². The molecule has 30 heavy (non-hydrogen) atoms. The van der Waals surface area contributed by atoms with Crippen LogP contribution in [-0.2, 0) is 12.3 Å². The first kappa shape index (κ1) is 18.2. The molecular weight excluding hydrogens is 390 g/mol. The van der Waals surface area contributed by atoms with Crippen LogP contribution in [0, 0.1) is 0 Å². The zero-order valence-corrected chi connectivity index (χ0v) is 16.5. The van der Waals surface area contributed by atoms with Crippen molar-refractivity contribution < 1.29 is 18.7 Å². The molecule has 3 aliphatic heterocycles. The fraction of sp³-hybridized carbons (Fsp3) is 0.500. The molecule has 6 nitrogen and oxygen atoms in total. The maximum atomic E-state index is 14.6. The number of halogens is 2. The van der Waals surface area contributed by atoms with E-state index in [0.717, 1.165) is 24.0 Å². The van der Waals surface area contributed by atoms with Crippen LogP contribution in [0.1, 0.15) is 59.3 Å². The molecule has 2 bridgehead atoms. The summed E-state index contributed by atoms with van der Waals surface area (Å²) in [7, 11) is 0. The first-order valence-electron chi connectivity index (χ1n) is 10.5. The van der Waals surface area contributed by atoms with Gasteiger partial charge >= 0.3 is 0 Å². The number of benzene rings is 1. The highest BCUT2D eigenvalue weighted by atomic mass is 19.3. The Morgan fingerprint density at radius 3 is 2.80 bits per heavy atom. The van der Waals surface area contributed by atoms with Crippen LogP contribution in [-0.4, -0.2) is 45.7 Å². The Kier molecular flexibility index (Phi) is 3.62. The molecule has 1 aromatic carbocycles. The van der Waals surface area contributed by atoms with Crippen molar-refractivity contribution in [2.45, 2.75) is 62.6 Å². The zero-order chi connectivity index (χ0) is 20.8. The smallest absolute Gasteiger partial charge is 0.290 e. The van der Waals surface area contributed by atoms with Gasteiger partial charge in [0.2, 0.25) is 5.95 Å². The van der Waals surface area contributed by atoms with Gasteiger partial charge in [0.1, 0.15) is 5.69 Å². The van der Waals surface area contributed by atoms with Crippen LogP contribution in [0.25, 0.3) is 11.3 Å². The molecule has 2 aromatic rings.